The van der Waals surface area contributed by atoms with Gasteiger partial charge in [0.25, 0.3) is 0 Å². The molecule has 1 aliphatic heterocycles. The van der Waals surface area contributed by atoms with Gasteiger partial charge in [-0.05, 0) is 41.2 Å². The van der Waals surface area contributed by atoms with Crippen LogP contribution in [0.4, 0.5) is 0 Å². The van der Waals surface area contributed by atoms with Gasteiger partial charge < -0.3 is 9.30 Å². The molecule has 0 unspecified atom stereocenters. The normalized spacial score (nSPS) is 21.3. The van der Waals surface area contributed by atoms with Crippen LogP contribution in [0.5, 0.6) is 11.5 Å². The lowest BCUT2D eigenvalue weighted by Crippen LogP contribution is -2.24. The Bertz CT molecular complexity index is 3200. The van der Waals surface area contributed by atoms with Gasteiger partial charge in [-0.1, -0.05) is 111 Å². The number of aromatic nitrogens is 1. The third kappa shape index (κ3) is 3.15. The fourth-order valence-electron chi connectivity index (χ4n) is 5.05. The van der Waals surface area contributed by atoms with Gasteiger partial charge in [0.1, 0.15) is 11.5 Å². The molecule has 0 atom stereocenters. The molecule has 8 rings (SSSR count). The van der Waals surface area contributed by atoms with Gasteiger partial charge in [-0.2, -0.15) is 0 Å². The zero-order valence-electron chi connectivity index (χ0n) is 41.4. The first-order valence-electron chi connectivity index (χ1n) is 22.3. The largest absolute Gasteiger partial charge is 0.457 e. The molecule has 2 nitrogen and oxygen atoms in total. The standard InChI is InChI=1S/C37H27NO/c1-37(2)31-17-8-9-18-33(31)39-34-22-20-25(23-32(34)37)28-15-10-16-29-30-21-19-24-11-6-7-14-27(24)35(30)38(36(28)29)26-12-4-3-5-13-26/h3-23H,1-2H3/i3D,4D,5D,6D,7D,8D,9D,10D,11D,12D,13D,14D,15D,16D,17D,18D,19D,20D,21D,22D,23D. The van der Waals surface area contributed by atoms with Gasteiger partial charge in [0.05, 0.1) is 39.8 Å². The molecule has 39 heavy (non-hydrogen) atoms. The van der Waals surface area contributed by atoms with Crippen molar-refractivity contribution in [3.8, 4) is 28.3 Å². The first kappa shape index (κ1) is 9.73. The number of hydrogen-bond acceptors (Lipinski definition) is 1. The lowest BCUT2D eigenvalue weighted by atomic mass is 9.75. The molecule has 0 fully saturated rings. The topological polar surface area (TPSA) is 14.2 Å². The predicted octanol–water partition coefficient (Wildman–Crippen LogP) is 10.0. The molecule has 186 valence electrons. The predicted molar refractivity (Wildman–Crippen MR) is 162 cm³/mol. The van der Waals surface area contributed by atoms with Crippen LogP contribution in [0.25, 0.3) is 49.4 Å². The van der Waals surface area contributed by atoms with Crippen molar-refractivity contribution in [2.24, 2.45) is 0 Å². The molecule has 2 heteroatoms. The van der Waals surface area contributed by atoms with Crippen LogP contribution in [0.15, 0.2) is 127 Å². The van der Waals surface area contributed by atoms with Crippen LogP contribution in [0.3, 0.4) is 0 Å². The van der Waals surface area contributed by atoms with E-state index in [1.54, 1.807) is 0 Å². The van der Waals surface area contributed by atoms with Crippen molar-refractivity contribution < 1.29 is 33.5 Å². The molecule has 1 aromatic heterocycles. The lowest BCUT2D eigenvalue weighted by Gasteiger charge is -2.34. The summed E-state index contributed by atoms with van der Waals surface area (Å²) in [5.41, 5.74) is -4.79. The first-order chi connectivity index (χ1) is 27.9. The number of rotatable bonds is 2. The molecule has 1 aliphatic rings. The highest BCUT2D eigenvalue weighted by Gasteiger charge is 2.34. The van der Waals surface area contributed by atoms with E-state index in [0.29, 0.717) is 0 Å². The summed E-state index contributed by atoms with van der Waals surface area (Å²) in [6.45, 7) is 2.98. The molecular formula is C37H27NO. The minimum atomic E-state index is -1.59. The quantitative estimate of drug-likeness (QED) is 0.220. The molecule has 0 aliphatic carbocycles. The average molecular weight is 523 g/mol. The van der Waals surface area contributed by atoms with Crippen molar-refractivity contribution in [2.45, 2.75) is 19.3 Å². The minimum absolute atomic E-state index is 0.104. The van der Waals surface area contributed by atoms with Crippen LogP contribution in [0.2, 0.25) is 0 Å². The summed E-state index contributed by atoms with van der Waals surface area (Å²) in [4.78, 5) is 0. The highest BCUT2D eigenvalue weighted by molar-refractivity contribution is 6.21. The van der Waals surface area contributed by atoms with E-state index in [2.05, 4.69) is 0 Å². The van der Waals surface area contributed by atoms with Crippen molar-refractivity contribution >= 4 is 32.6 Å². The summed E-state index contributed by atoms with van der Waals surface area (Å²) in [6.07, 6.45) is 0. The van der Waals surface area contributed by atoms with Gasteiger partial charge >= 0.3 is 0 Å². The Labute approximate surface area is 257 Å². The third-order valence-electron chi connectivity index (χ3n) is 6.87. The summed E-state index contributed by atoms with van der Waals surface area (Å²) in [5.74, 6) is -0.774. The number of para-hydroxylation sites is 3. The van der Waals surface area contributed by atoms with Gasteiger partial charge in [0.2, 0.25) is 0 Å². The molecule has 6 aromatic carbocycles. The van der Waals surface area contributed by atoms with Crippen LogP contribution >= 0.6 is 0 Å². The van der Waals surface area contributed by atoms with Crippen molar-refractivity contribution in [1.29, 1.82) is 0 Å². The molecule has 0 radical (unpaired) electrons. The summed E-state index contributed by atoms with van der Waals surface area (Å²) in [7, 11) is 0. The average Bonchev–Trinajstić information content (AvgIpc) is 3.54. The Hall–Kier alpha value is -4.82. The van der Waals surface area contributed by atoms with Crippen molar-refractivity contribution in [1.82, 2.24) is 4.57 Å². The Morgan fingerprint density at radius 3 is 2.21 bits per heavy atom. The van der Waals surface area contributed by atoms with E-state index in [0.717, 1.165) is 4.57 Å². The van der Waals surface area contributed by atoms with Gasteiger partial charge in [0, 0.05) is 44.0 Å². The van der Waals surface area contributed by atoms with E-state index < -0.39 is 187 Å². The number of hydrogen-bond donors (Lipinski definition) is 0. The number of nitrogens with zero attached hydrogens (tertiary/aromatic N) is 1. The van der Waals surface area contributed by atoms with E-state index in [4.69, 9.17) is 25.3 Å². The maximum atomic E-state index is 9.72. The molecule has 7 aromatic rings. The maximum Gasteiger partial charge on any atom is 0.131 e. The zero-order chi connectivity index (χ0) is 44.4. The van der Waals surface area contributed by atoms with E-state index in [1.807, 2.05) is 0 Å². The zero-order valence-corrected chi connectivity index (χ0v) is 20.4. The number of benzene rings is 6. The molecular weight excluding hydrogens is 474 g/mol. The van der Waals surface area contributed by atoms with E-state index in [9.17, 15) is 8.22 Å². The second-order valence-electron chi connectivity index (χ2n) is 9.39. The summed E-state index contributed by atoms with van der Waals surface area (Å²) >= 11 is 0. The summed E-state index contributed by atoms with van der Waals surface area (Å²) < 4.78 is 193. The smallest absolute Gasteiger partial charge is 0.131 e. The first-order valence-corrected chi connectivity index (χ1v) is 11.8. The fourth-order valence-corrected chi connectivity index (χ4v) is 5.05. The second kappa shape index (κ2) is 8.09. The monoisotopic (exact) mass is 522 g/mol. The third-order valence-corrected chi connectivity index (χ3v) is 6.87. The van der Waals surface area contributed by atoms with E-state index in [-0.39, 0.29) is 16.9 Å². The SMILES string of the molecule is [2H]c1c([2H])c([2H])c(-n2c3c(-c4c([2H])c([2H])c5c(c4[2H])C(C)(C)c4c([2H])c([2H])c([2H])c([2H])c4O5)c([2H])c([2H])c([2H])c3c3c([2H])c([2H])c4c([2H])c([2H])c([2H])c([2H])c4c32)c([2H])c1[2H]. The molecule has 0 bridgehead atoms. The van der Waals surface area contributed by atoms with Gasteiger partial charge in [0.15, 0.2) is 0 Å². The molecule has 0 amide bonds. The summed E-state index contributed by atoms with van der Waals surface area (Å²) in [5, 5.41) is -1.91. The molecule has 0 saturated heterocycles. The van der Waals surface area contributed by atoms with Crippen molar-refractivity contribution in [2.75, 3.05) is 0 Å². The van der Waals surface area contributed by atoms with E-state index in [1.165, 1.54) is 13.8 Å². The Morgan fingerprint density at radius 1 is 0.590 bits per heavy atom. The van der Waals surface area contributed by atoms with Crippen molar-refractivity contribution in [3.63, 3.8) is 0 Å². The van der Waals surface area contributed by atoms with Gasteiger partial charge in [-0.25, -0.2) is 0 Å². The highest BCUT2D eigenvalue weighted by atomic mass is 16.5. The summed E-state index contributed by atoms with van der Waals surface area (Å²) in [6, 6.07) is -16.1. The Balaban J connectivity index is 1.71. The van der Waals surface area contributed by atoms with Crippen LogP contribution in [0, 0.1) is 0 Å². The van der Waals surface area contributed by atoms with Crippen molar-refractivity contribution in [3.05, 3.63) is 138 Å². The number of ether oxygens (including phenoxy) is 1. The fraction of sp³-hybridized carbons (Fsp3) is 0.0811. The molecule has 0 N–H and O–H groups in total. The molecule has 0 saturated carbocycles. The lowest BCUT2D eigenvalue weighted by molar-refractivity contribution is 0.418. The molecule has 2 heterocycles. The molecule has 0 spiro atoms. The van der Waals surface area contributed by atoms with E-state index >= 15 is 0 Å². The van der Waals surface area contributed by atoms with Gasteiger partial charge in [-0.15, -0.1) is 0 Å². The maximum absolute atomic E-state index is 9.72. The minimum Gasteiger partial charge on any atom is -0.457 e. The van der Waals surface area contributed by atoms with Crippen LogP contribution in [-0.4, -0.2) is 4.57 Å². The van der Waals surface area contributed by atoms with Crippen LogP contribution < -0.4 is 4.74 Å². The highest BCUT2D eigenvalue weighted by Crippen LogP contribution is 2.49. The second-order valence-corrected chi connectivity index (χ2v) is 9.39. The Morgan fingerprint density at radius 2 is 1.31 bits per heavy atom. The van der Waals surface area contributed by atoms with Crippen LogP contribution in [0.1, 0.15) is 53.8 Å². The van der Waals surface area contributed by atoms with Crippen LogP contribution in [-0.2, 0) is 5.41 Å². The van der Waals surface area contributed by atoms with Gasteiger partial charge in [-0.3, -0.25) is 0 Å². The number of fused-ring (bicyclic) bond motifs is 7. The Kier molecular flexibility index (Phi) is 2.02.